The molecular weight excluding hydrogens is 182 g/mol. The Labute approximate surface area is 84.8 Å². The van der Waals surface area contributed by atoms with Gasteiger partial charge in [0.2, 0.25) is 0 Å². The van der Waals surface area contributed by atoms with E-state index >= 15 is 0 Å². The number of β-amino-alcohol motifs (C(OH)–C–C–N with tert-alkyl or cyclic N) is 1. The lowest BCUT2D eigenvalue weighted by Gasteiger charge is -2.30. The van der Waals surface area contributed by atoms with Gasteiger partial charge in [-0.25, -0.2) is 4.79 Å². The second-order valence-corrected chi connectivity index (χ2v) is 4.02. The monoisotopic (exact) mass is 201 g/mol. The number of methoxy groups -OCH3 is 1. The summed E-state index contributed by atoms with van der Waals surface area (Å²) in [5, 5.41) is 9.42. The first-order valence-electron chi connectivity index (χ1n) is 5.11. The smallest absolute Gasteiger partial charge is 0.336 e. The minimum atomic E-state index is -0.992. The van der Waals surface area contributed by atoms with Crippen molar-refractivity contribution in [3.63, 3.8) is 0 Å². The Balaban J connectivity index is 2.27. The summed E-state index contributed by atoms with van der Waals surface area (Å²) in [6.45, 7) is 4.57. The number of hydrogen-bond acceptors (Lipinski definition) is 4. The van der Waals surface area contributed by atoms with Gasteiger partial charge < -0.3 is 14.7 Å². The predicted octanol–water partition coefficient (Wildman–Crippen LogP) is 0.252. The van der Waals surface area contributed by atoms with Crippen LogP contribution in [0.3, 0.4) is 0 Å². The van der Waals surface area contributed by atoms with Crippen LogP contribution in [0.25, 0.3) is 0 Å². The third-order valence-corrected chi connectivity index (χ3v) is 2.78. The average Bonchev–Trinajstić information content (AvgIpc) is 2.20. The van der Waals surface area contributed by atoms with Gasteiger partial charge in [-0.05, 0) is 31.8 Å². The molecule has 0 aliphatic carbocycles. The molecule has 4 nitrogen and oxygen atoms in total. The van der Waals surface area contributed by atoms with Crippen LogP contribution in [0.5, 0.6) is 0 Å². The molecule has 1 atom stereocenters. The first-order valence-corrected chi connectivity index (χ1v) is 5.11. The van der Waals surface area contributed by atoms with Crippen LogP contribution < -0.4 is 0 Å². The van der Waals surface area contributed by atoms with E-state index in [1.54, 1.807) is 0 Å². The van der Waals surface area contributed by atoms with Crippen LogP contribution in [0, 0.1) is 5.92 Å². The molecule has 1 unspecified atom stereocenters. The van der Waals surface area contributed by atoms with Gasteiger partial charge >= 0.3 is 5.97 Å². The van der Waals surface area contributed by atoms with Crippen molar-refractivity contribution in [1.82, 2.24) is 4.90 Å². The van der Waals surface area contributed by atoms with Gasteiger partial charge in [-0.15, -0.1) is 0 Å². The summed E-state index contributed by atoms with van der Waals surface area (Å²) in [5.74, 6) is 0.227. The normalized spacial score (nSPS) is 21.9. The molecule has 1 heterocycles. The number of likely N-dealkylation sites (tertiary alicyclic amines) is 1. The van der Waals surface area contributed by atoms with E-state index in [4.69, 9.17) is 0 Å². The van der Waals surface area contributed by atoms with Crippen molar-refractivity contribution in [2.24, 2.45) is 5.92 Å². The van der Waals surface area contributed by atoms with E-state index in [9.17, 15) is 9.90 Å². The molecule has 0 aromatic heterocycles. The highest BCUT2D eigenvalue weighted by atomic mass is 16.5. The van der Waals surface area contributed by atoms with E-state index in [1.807, 2.05) is 0 Å². The zero-order chi connectivity index (χ0) is 10.6. The largest absolute Gasteiger partial charge is 0.467 e. The summed E-state index contributed by atoms with van der Waals surface area (Å²) in [7, 11) is 1.30. The second kappa shape index (κ2) is 5.32. The predicted molar refractivity (Wildman–Crippen MR) is 52.9 cm³/mol. The number of esters is 1. The maximum atomic E-state index is 11.0. The molecule has 82 valence electrons. The lowest BCUT2D eigenvalue weighted by atomic mass is 9.99. The highest BCUT2D eigenvalue weighted by Gasteiger charge is 2.22. The van der Waals surface area contributed by atoms with Crippen LogP contribution in [0.15, 0.2) is 0 Å². The molecule has 14 heavy (non-hydrogen) atoms. The van der Waals surface area contributed by atoms with Crippen LogP contribution in [0.2, 0.25) is 0 Å². The van der Waals surface area contributed by atoms with Gasteiger partial charge in [-0.3, -0.25) is 0 Å². The molecule has 4 heteroatoms. The lowest BCUT2D eigenvalue weighted by Crippen LogP contribution is -2.41. The third kappa shape index (κ3) is 3.27. The fourth-order valence-electron chi connectivity index (χ4n) is 1.70. The fourth-order valence-corrected chi connectivity index (χ4v) is 1.70. The van der Waals surface area contributed by atoms with Crippen molar-refractivity contribution < 1.29 is 14.6 Å². The molecule has 0 amide bonds. The van der Waals surface area contributed by atoms with Crippen molar-refractivity contribution in [1.29, 1.82) is 0 Å². The van der Waals surface area contributed by atoms with Crippen molar-refractivity contribution in [2.45, 2.75) is 25.9 Å². The van der Waals surface area contributed by atoms with Gasteiger partial charge in [0.25, 0.3) is 0 Å². The van der Waals surface area contributed by atoms with Crippen molar-refractivity contribution in [3.05, 3.63) is 0 Å². The Hall–Kier alpha value is -0.610. The first kappa shape index (κ1) is 11.5. The van der Waals surface area contributed by atoms with Crippen LogP contribution >= 0.6 is 0 Å². The lowest BCUT2D eigenvalue weighted by molar-refractivity contribution is -0.151. The van der Waals surface area contributed by atoms with E-state index in [1.165, 1.54) is 7.11 Å². The Kier molecular flexibility index (Phi) is 4.35. The van der Waals surface area contributed by atoms with Gasteiger partial charge in [-0.1, -0.05) is 6.92 Å². The molecule has 0 spiro atoms. The molecule has 0 saturated carbocycles. The molecule has 1 saturated heterocycles. The highest BCUT2D eigenvalue weighted by Crippen LogP contribution is 2.15. The van der Waals surface area contributed by atoms with Gasteiger partial charge in [0, 0.05) is 6.54 Å². The summed E-state index contributed by atoms with van der Waals surface area (Å²) in [6, 6.07) is 0. The molecule has 1 fully saturated rings. The van der Waals surface area contributed by atoms with Gasteiger partial charge in [0.1, 0.15) is 0 Å². The minimum absolute atomic E-state index is 0.402. The highest BCUT2D eigenvalue weighted by molar-refractivity contribution is 5.74. The molecule has 0 aromatic rings. The van der Waals surface area contributed by atoms with Gasteiger partial charge in [-0.2, -0.15) is 0 Å². The third-order valence-electron chi connectivity index (χ3n) is 2.78. The number of aliphatic hydroxyl groups is 1. The Morgan fingerprint density at radius 2 is 2.14 bits per heavy atom. The Morgan fingerprint density at radius 1 is 1.57 bits per heavy atom. The molecule has 0 aromatic carbocycles. The molecule has 0 radical (unpaired) electrons. The van der Waals surface area contributed by atoms with E-state index in [2.05, 4.69) is 16.6 Å². The van der Waals surface area contributed by atoms with E-state index in [0.717, 1.165) is 31.8 Å². The SMILES string of the molecule is COC(=O)C(O)CN1CCC(C)CC1. The van der Waals surface area contributed by atoms with E-state index < -0.39 is 12.1 Å². The number of aliphatic hydroxyl groups excluding tert-OH is 1. The quantitative estimate of drug-likeness (QED) is 0.665. The number of carbonyl (C=O) groups is 1. The summed E-state index contributed by atoms with van der Waals surface area (Å²) in [4.78, 5) is 13.1. The van der Waals surface area contributed by atoms with E-state index in [0.29, 0.717) is 6.54 Å². The standard InChI is InChI=1S/C10H19NO3/c1-8-3-5-11(6-4-8)7-9(12)10(13)14-2/h8-9,12H,3-7H2,1-2H3. The number of rotatable bonds is 3. The summed E-state index contributed by atoms with van der Waals surface area (Å²) < 4.78 is 4.46. The molecule has 1 aliphatic rings. The van der Waals surface area contributed by atoms with Crippen molar-refractivity contribution >= 4 is 5.97 Å². The molecule has 1 aliphatic heterocycles. The molecule has 0 bridgehead atoms. The first-order chi connectivity index (χ1) is 6.63. The zero-order valence-corrected chi connectivity index (χ0v) is 8.90. The topological polar surface area (TPSA) is 49.8 Å². The van der Waals surface area contributed by atoms with Crippen molar-refractivity contribution in [2.75, 3.05) is 26.7 Å². The zero-order valence-electron chi connectivity index (χ0n) is 8.90. The van der Waals surface area contributed by atoms with E-state index in [-0.39, 0.29) is 0 Å². The number of ether oxygens (including phenoxy) is 1. The fraction of sp³-hybridized carbons (Fsp3) is 0.900. The molecule has 1 rings (SSSR count). The van der Waals surface area contributed by atoms with Crippen molar-refractivity contribution in [3.8, 4) is 0 Å². The number of hydrogen-bond donors (Lipinski definition) is 1. The number of nitrogens with zero attached hydrogens (tertiary/aromatic N) is 1. The number of piperidine rings is 1. The Bertz CT molecular complexity index is 188. The van der Waals surface area contributed by atoms with Crippen LogP contribution in [0.1, 0.15) is 19.8 Å². The minimum Gasteiger partial charge on any atom is -0.467 e. The summed E-state index contributed by atoms with van der Waals surface area (Å²) in [5.41, 5.74) is 0. The molecule has 1 N–H and O–H groups in total. The maximum absolute atomic E-state index is 11.0. The summed E-state index contributed by atoms with van der Waals surface area (Å²) in [6.07, 6.45) is 1.30. The van der Waals surface area contributed by atoms with Gasteiger partial charge in [0.15, 0.2) is 6.10 Å². The van der Waals surface area contributed by atoms with Gasteiger partial charge in [0.05, 0.1) is 7.11 Å². The van der Waals surface area contributed by atoms with Crippen LogP contribution in [-0.2, 0) is 9.53 Å². The van der Waals surface area contributed by atoms with Crippen LogP contribution in [-0.4, -0.2) is 48.8 Å². The number of carbonyl (C=O) groups excluding carboxylic acids is 1. The molecular formula is C10H19NO3. The second-order valence-electron chi connectivity index (χ2n) is 4.02. The van der Waals surface area contributed by atoms with Crippen LogP contribution in [0.4, 0.5) is 0 Å². The summed E-state index contributed by atoms with van der Waals surface area (Å²) >= 11 is 0. The maximum Gasteiger partial charge on any atom is 0.336 e. The average molecular weight is 201 g/mol. The Morgan fingerprint density at radius 3 is 2.64 bits per heavy atom.